The molecule has 0 atom stereocenters. The lowest BCUT2D eigenvalue weighted by molar-refractivity contribution is -0.138. The minimum Gasteiger partial charge on any atom is -0.481 e. The van der Waals surface area contributed by atoms with Crippen molar-refractivity contribution in [2.75, 3.05) is 0 Å². The van der Waals surface area contributed by atoms with E-state index in [1.165, 1.54) is 0 Å². The van der Waals surface area contributed by atoms with E-state index in [1.54, 1.807) is 13.8 Å². The molecule has 1 saturated carbocycles. The van der Waals surface area contributed by atoms with Crippen LogP contribution in [0.4, 0.5) is 0 Å². The van der Waals surface area contributed by atoms with Gasteiger partial charge in [-0.25, -0.2) is 9.59 Å². The highest BCUT2D eigenvalue weighted by Gasteiger charge is 2.62. The highest BCUT2D eigenvalue weighted by Crippen LogP contribution is 2.53. The van der Waals surface area contributed by atoms with E-state index in [0.717, 1.165) is 32.1 Å². The predicted octanol–water partition coefficient (Wildman–Crippen LogP) is 4.80. The van der Waals surface area contributed by atoms with Crippen LogP contribution in [0.1, 0.15) is 66.7 Å². The minimum atomic E-state index is -3.16. The van der Waals surface area contributed by atoms with E-state index in [-0.39, 0.29) is 10.6 Å². The molecule has 4 nitrogen and oxygen atoms in total. The van der Waals surface area contributed by atoms with Gasteiger partial charge in [0.15, 0.2) is 0 Å². The van der Waals surface area contributed by atoms with Crippen LogP contribution in [0.5, 0.6) is 0 Å². The zero-order valence-electron chi connectivity index (χ0n) is 15.2. The highest BCUT2D eigenvalue weighted by atomic mass is 28.4. The molecule has 1 rings (SSSR count). The first-order valence-corrected chi connectivity index (χ1v) is 10.2. The summed E-state index contributed by atoms with van der Waals surface area (Å²) >= 11 is 0. The summed E-state index contributed by atoms with van der Waals surface area (Å²) in [7, 11) is -3.16. The normalized spacial score (nSPS) is 16.0. The fourth-order valence-corrected chi connectivity index (χ4v) is 7.61. The van der Waals surface area contributed by atoms with Crippen LogP contribution < -0.4 is 0 Å². The second kappa shape index (κ2) is 7.47. The molecule has 0 aromatic rings. The van der Waals surface area contributed by atoms with Gasteiger partial charge in [0.05, 0.1) is 0 Å². The lowest BCUT2D eigenvalue weighted by atomic mass is 10.1. The smallest absolute Gasteiger partial charge is 0.473 e. The molecule has 1 aliphatic carbocycles. The van der Waals surface area contributed by atoms with Gasteiger partial charge in [0.1, 0.15) is 0 Å². The molecule has 1 aliphatic rings. The van der Waals surface area contributed by atoms with Gasteiger partial charge in [0, 0.05) is 21.7 Å². The van der Waals surface area contributed by atoms with Gasteiger partial charge in [0.25, 0.3) is 0 Å². The van der Waals surface area contributed by atoms with E-state index >= 15 is 0 Å². The maximum atomic E-state index is 12.3. The van der Waals surface area contributed by atoms with Gasteiger partial charge in [-0.15, -0.1) is 0 Å². The minimum absolute atomic E-state index is 0.129. The van der Waals surface area contributed by atoms with Gasteiger partial charge in [-0.05, 0) is 33.1 Å². The third-order valence-corrected chi connectivity index (χ3v) is 9.78. The Morgan fingerprint density at radius 2 is 1.43 bits per heavy atom. The predicted molar refractivity (Wildman–Crippen MR) is 94.1 cm³/mol. The molecule has 0 N–H and O–H groups in total. The molecule has 0 unspecified atom stereocenters. The Kier molecular flexibility index (Phi) is 6.39. The van der Waals surface area contributed by atoms with Crippen LogP contribution in [0.25, 0.3) is 0 Å². The number of carbonyl (C=O) groups is 2. The topological polar surface area (TPSA) is 52.6 Å². The molecule has 130 valence electrons. The maximum Gasteiger partial charge on any atom is 0.473 e. The summed E-state index contributed by atoms with van der Waals surface area (Å²) in [5.74, 6) is -0.917. The van der Waals surface area contributed by atoms with Crippen LogP contribution in [-0.2, 0) is 18.4 Å². The van der Waals surface area contributed by atoms with Crippen LogP contribution in [-0.4, -0.2) is 20.5 Å². The van der Waals surface area contributed by atoms with Crippen molar-refractivity contribution in [3.05, 3.63) is 24.3 Å². The van der Waals surface area contributed by atoms with Crippen molar-refractivity contribution < 1.29 is 18.4 Å². The van der Waals surface area contributed by atoms with Crippen LogP contribution in [0, 0.1) is 0 Å². The van der Waals surface area contributed by atoms with E-state index in [0.29, 0.717) is 11.1 Å². The van der Waals surface area contributed by atoms with E-state index in [2.05, 4.69) is 13.2 Å². The van der Waals surface area contributed by atoms with Gasteiger partial charge in [0.2, 0.25) is 0 Å². The van der Waals surface area contributed by atoms with Crippen LogP contribution >= 0.6 is 0 Å². The van der Waals surface area contributed by atoms with Crippen molar-refractivity contribution in [2.24, 2.45) is 0 Å². The fourth-order valence-electron chi connectivity index (χ4n) is 3.02. The Labute approximate surface area is 141 Å². The van der Waals surface area contributed by atoms with Crippen LogP contribution in [0.3, 0.4) is 0 Å². The molecule has 0 aromatic carbocycles. The monoisotopic (exact) mass is 338 g/mol. The van der Waals surface area contributed by atoms with Crippen molar-refractivity contribution in [1.82, 2.24) is 0 Å². The van der Waals surface area contributed by atoms with E-state index < -0.39 is 20.5 Å². The van der Waals surface area contributed by atoms with Crippen molar-refractivity contribution in [2.45, 2.75) is 77.3 Å². The average Bonchev–Trinajstić information content (AvgIpc) is 3.00. The second-order valence-electron chi connectivity index (χ2n) is 7.23. The number of hydrogen-bond donors (Lipinski definition) is 0. The summed E-state index contributed by atoms with van der Waals surface area (Å²) < 4.78 is 12.0. The summed E-state index contributed by atoms with van der Waals surface area (Å²) in [4.78, 5) is 24.7. The summed E-state index contributed by atoms with van der Waals surface area (Å²) in [6, 6.07) is 0. The molecular formula is C18H30O4Si. The molecule has 5 heteroatoms. The second-order valence-corrected chi connectivity index (χ2v) is 11.1. The number of rotatable bonds is 7. The molecular weight excluding hydrogens is 308 g/mol. The zero-order chi connectivity index (χ0) is 17.8. The Hall–Kier alpha value is -1.36. The van der Waals surface area contributed by atoms with Crippen molar-refractivity contribution in [3.63, 3.8) is 0 Å². The van der Waals surface area contributed by atoms with Gasteiger partial charge in [-0.3, -0.25) is 0 Å². The summed E-state index contributed by atoms with van der Waals surface area (Å²) in [5, 5.41) is -0.377. The van der Waals surface area contributed by atoms with Gasteiger partial charge < -0.3 is 8.85 Å². The standard InChI is InChI=1S/C18H30O4Si/c1-8-18(6,7)23(15-11-9-10-12-15,21-16(19)13(2)3)22-17(20)14(4)5/h15H,2,4,8-12H2,1,3,5-7H3. The van der Waals surface area contributed by atoms with Crippen LogP contribution in [0.15, 0.2) is 24.3 Å². The summed E-state index contributed by atoms with van der Waals surface area (Å²) in [6.07, 6.45) is 4.79. The Balaban J connectivity index is 3.36. The SMILES string of the molecule is C=C(C)C(=O)O[Si](OC(=O)C(=C)C)(C1CCCC1)C(C)(C)CC. The Morgan fingerprint density at radius 1 is 1.04 bits per heavy atom. The zero-order valence-corrected chi connectivity index (χ0v) is 16.2. The highest BCUT2D eigenvalue weighted by molar-refractivity contribution is 6.75. The van der Waals surface area contributed by atoms with Gasteiger partial charge >= 0.3 is 20.5 Å². The van der Waals surface area contributed by atoms with E-state index in [4.69, 9.17) is 8.85 Å². The van der Waals surface area contributed by atoms with Gasteiger partial charge in [-0.2, -0.15) is 0 Å². The quantitative estimate of drug-likeness (QED) is 0.494. The fraction of sp³-hybridized carbons (Fsp3) is 0.667. The molecule has 0 spiro atoms. The Bertz CT molecular complexity index is 473. The van der Waals surface area contributed by atoms with Crippen molar-refractivity contribution in [3.8, 4) is 0 Å². The van der Waals surface area contributed by atoms with Crippen molar-refractivity contribution >= 4 is 20.5 Å². The third-order valence-electron chi connectivity index (χ3n) is 4.91. The van der Waals surface area contributed by atoms with Gasteiger partial charge in [-0.1, -0.05) is 46.8 Å². The molecule has 23 heavy (non-hydrogen) atoms. The summed E-state index contributed by atoms with van der Waals surface area (Å²) in [5.41, 5.74) is 0.792. The number of hydrogen-bond acceptors (Lipinski definition) is 4. The molecule has 0 aliphatic heterocycles. The molecule has 0 amide bonds. The molecule has 0 radical (unpaired) electrons. The molecule has 0 bridgehead atoms. The molecule has 0 heterocycles. The van der Waals surface area contributed by atoms with E-state index in [1.807, 2.05) is 20.8 Å². The first kappa shape index (κ1) is 19.7. The molecule has 0 saturated heterocycles. The average molecular weight is 339 g/mol. The largest absolute Gasteiger partial charge is 0.481 e. The molecule has 0 aromatic heterocycles. The summed E-state index contributed by atoms with van der Waals surface area (Å²) in [6.45, 7) is 16.7. The Morgan fingerprint density at radius 3 is 1.74 bits per heavy atom. The lowest BCUT2D eigenvalue weighted by Gasteiger charge is -2.44. The van der Waals surface area contributed by atoms with Crippen molar-refractivity contribution in [1.29, 1.82) is 0 Å². The molecule has 1 fully saturated rings. The number of carbonyl (C=O) groups excluding carboxylic acids is 2. The van der Waals surface area contributed by atoms with E-state index in [9.17, 15) is 9.59 Å². The lowest BCUT2D eigenvalue weighted by Crippen LogP contribution is -2.57. The first-order chi connectivity index (χ1) is 10.6. The first-order valence-electron chi connectivity index (χ1n) is 8.35. The van der Waals surface area contributed by atoms with Crippen LogP contribution in [0.2, 0.25) is 10.6 Å². The maximum absolute atomic E-state index is 12.3. The third kappa shape index (κ3) is 4.13.